The highest BCUT2D eigenvalue weighted by atomic mass is 32.1. The second kappa shape index (κ2) is 9.99. The standard InChI is InChI=1S/C26H24N2OS/c29-26(17-25(22-9-3-1-4-10-22)23-11-5-2-6-12-23)28(18-21-14-16-30-20-21)19-24-13-7-8-15-27-24/h1-16,20,25H,17-19H2. The molecule has 2 heterocycles. The average molecular weight is 413 g/mol. The van der Waals surface area contributed by atoms with Crippen molar-refractivity contribution in [1.29, 1.82) is 0 Å². The zero-order valence-corrected chi connectivity index (χ0v) is 17.5. The molecular weight excluding hydrogens is 388 g/mol. The van der Waals surface area contributed by atoms with Gasteiger partial charge in [0.15, 0.2) is 0 Å². The van der Waals surface area contributed by atoms with Gasteiger partial charge in [-0.1, -0.05) is 66.7 Å². The molecule has 0 atom stereocenters. The molecule has 2 aromatic carbocycles. The fraction of sp³-hybridized carbons (Fsp3) is 0.154. The topological polar surface area (TPSA) is 33.2 Å². The maximum absolute atomic E-state index is 13.5. The molecule has 0 bridgehead atoms. The van der Waals surface area contributed by atoms with E-state index in [0.717, 1.165) is 22.4 Å². The first-order valence-corrected chi connectivity index (χ1v) is 11.0. The Balaban J connectivity index is 1.60. The van der Waals surface area contributed by atoms with Crippen molar-refractivity contribution >= 4 is 17.2 Å². The van der Waals surface area contributed by atoms with Crippen molar-refractivity contribution in [3.05, 3.63) is 124 Å². The largest absolute Gasteiger partial charge is 0.332 e. The Morgan fingerprint density at radius 2 is 1.50 bits per heavy atom. The Labute approximate surface area is 181 Å². The van der Waals surface area contributed by atoms with Crippen molar-refractivity contribution in [3.8, 4) is 0 Å². The van der Waals surface area contributed by atoms with Gasteiger partial charge in [0.05, 0.1) is 12.2 Å². The van der Waals surface area contributed by atoms with Gasteiger partial charge in [0, 0.05) is 25.1 Å². The summed E-state index contributed by atoms with van der Waals surface area (Å²) in [5.41, 5.74) is 4.37. The number of aromatic nitrogens is 1. The molecule has 0 saturated carbocycles. The van der Waals surface area contributed by atoms with Crippen LogP contribution in [0.1, 0.15) is 34.7 Å². The summed E-state index contributed by atoms with van der Waals surface area (Å²) in [7, 11) is 0. The van der Waals surface area contributed by atoms with Crippen molar-refractivity contribution < 1.29 is 4.79 Å². The summed E-state index contributed by atoms with van der Waals surface area (Å²) >= 11 is 1.65. The second-order valence-electron chi connectivity index (χ2n) is 7.28. The van der Waals surface area contributed by atoms with Gasteiger partial charge in [0.25, 0.3) is 0 Å². The van der Waals surface area contributed by atoms with Gasteiger partial charge in [0.1, 0.15) is 0 Å². The van der Waals surface area contributed by atoms with Crippen LogP contribution in [0.5, 0.6) is 0 Å². The molecule has 0 aliphatic rings. The number of pyridine rings is 1. The van der Waals surface area contributed by atoms with E-state index in [1.807, 2.05) is 59.5 Å². The summed E-state index contributed by atoms with van der Waals surface area (Å²) in [5, 5.41) is 4.15. The maximum atomic E-state index is 13.5. The van der Waals surface area contributed by atoms with Crippen LogP contribution in [0, 0.1) is 0 Å². The van der Waals surface area contributed by atoms with E-state index in [9.17, 15) is 4.79 Å². The van der Waals surface area contributed by atoms with Crippen LogP contribution in [-0.2, 0) is 17.9 Å². The third kappa shape index (κ3) is 5.22. The molecule has 0 N–H and O–H groups in total. The number of hydrogen-bond acceptors (Lipinski definition) is 3. The Morgan fingerprint density at radius 3 is 2.07 bits per heavy atom. The third-order valence-electron chi connectivity index (χ3n) is 5.17. The quantitative estimate of drug-likeness (QED) is 0.361. The van der Waals surface area contributed by atoms with Gasteiger partial charge < -0.3 is 4.90 Å². The van der Waals surface area contributed by atoms with Crippen LogP contribution in [0.3, 0.4) is 0 Å². The second-order valence-corrected chi connectivity index (χ2v) is 8.06. The van der Waals surface area contributed by atoms with E-state index in [1.165, 1.54) is 0 Å². The molecule has 0 aliphatic carbocycles. The van der Waals surface area contributed by atoms with Crippen LogP contribution in [0.15, 0.2) is 102 Å². The first-order valence-electron chi connectivity index (χ1n) is 10.1. The van der Waals surface area contributed by atoms with Gasteiger partial charge in [0.2, 0.25) is 5.91 Å². The van der Waals surface area contributed by atoms with E-state index in [4.69, 9.17) is 0 Å². The van der Waals surface area contributed by atoms with Crippen molar-refractivity contribution in [3.63, 3.8) is 0 Å². The molecule has 0 fully saturated rings. The summed E-state index contributed by atoms with van der Waals surface area (Å²) in [6.45, 7) is 1.10. The minimum atomic E-state index is 0.0219. The van der Waals surface area contributed by atoms with Crippen molar-refractivity contribution in [2.24, 2.45) is 0 Å². The van der Waals surface area contributed by atoms with Gasteiger partial charge in [-0.05, 0) is 45.6 Å². The SMILES string of the molecule is O=C(CC(c1ccccc1)c1ccccc1)N(Cc1ccsc1)Cc1ccccn1. The van der Waals surface area contributed by atoms with Gasteiger partial charge in [-0.25, -0.2) is 0 Å². The number of rotatable bonds is 8. The minimum Gasteiger partial charge on any atom is -0.332 e. The van der Waals surface area contributed by atoms with Crippen molar-refractivity contribution in [2.75, 3.05) is 0 Å². The van der Waals surface area contributed by atoms with Crippen LogP contribution in [0.4, 0.5) is 0 Å². The van der Waals surface area contributed by atoms with E-state index in [-0.39, 0.29) is 11.8 Å². The Bertz CT molecular complexity index is 995. The summed E-state index contributed by atoms with van der Waals surface area (Å²) in [6.07, 6.45) is 2.20. The van der Waals surface area contributed by atoms with E-state index in [2.05, 4.69) is 46.1 Å². The zero-order valence-electron chi connectivity index (χ0n) is 16.7. The maximum Gasteiger partial charge on any atom is 0.224 e. The number of thiophene rings is 1. The highest BCUT2D eigenvalue weighted by molar-refractivity contribution is 7.07. The summed E-state index contributed by atoms with van der Waals surface area (Å²) in [5.74, 6) is 0.151. The molecule has 0 unspecified atom stereocenters. The predicted octanol–water partition coefficient (Wildman–Crippen LogP) is 5.89. The number of hydrogen-bond donors (Lipinski definition) is 0. The first-order chi connectivity index (χ1) is 14.8. The Hall–Kier alpha value is -3.24. The highest BCUT2D eigenvalue weighted by Gasteiger charge is 2.23. The molecule has 4 heteroatoms. The molecule has 30 heavy (non-hydrogen) atoms. The molecule has 0 spiro atoms. The molecule has 3 nitrogen and oxygen atoms in total. The van der Waals surface area contributed by atoms with Crippen molar-refractivity contribution in [1.82, 2.24) is 9.88 Å². The van der Waals surface area contributed by atoms with E-state index < -0.39 is 0 Å². The number of carbonyl (C=O) groups excluding carboxylic acids is 1. The van der Waals surface area contributed by atoms with E-state index in [0.29, 0.717) is 19.5 Å². The van der Waals surface area contributed by atoms with Crippen LogP contribution < -0.4 is 0 Å². The first kappa shape index (κ1) is 20.0. The van der Waals surface area contributed by atoms with Crippen LogP contribution in [-0.4, -0.2) is 15.8 Å². The summed E-state index contributed by atoms with van der Waals surface area (Å²) < 4.78 is 0. The number of benzene rings is 2. The fourth-order valence-corrected chi connectivity index (χ4v) is 4.28. The molecule has 0 aliphatic heterocycles. The molecule has 0 saturated heterocycles. The predicted molar refractivity (Wildman–Crippen MR) is 122 cm³/mol. The van der Waals surface area contributed by atoms with E-state index >= 15 is 0 Å². The lowest BCUT2D eigenvalue weighted by atomic mass is 9.88. The monoisotopic (exact) mass is 412 g/mol. The average Bonchev–Trinajstić information content (AvgIpc) is 3.32. The number of nitrogens with zero attached hydrogens (tertiary/aromatic N) is 2. The number of amides is 1. The summed E-state index contributed by atoms with van der Waals surface area (Å²) in [6, 6.07) is 28.5. The minimum absolute atomic E-state index is 0.0219. The van der Waals surface area contributed by atoms with Crippen LogP contribution in [0.2, 0.25) is 0 Å². The zero-order chi connectivity index (χ0) is 20.6. The van der Waals surface area contributed by atoms with E-state index in [1.54, 1.807) is 17.5 Å². The smallest absolute Gasteiger partial charge is 0.224 e. The van der Waals surface area contributed by atoms with Crippen LogP contribution in [0.25, 0.3) is 0 Å². The Morgan fingerprint density at radius 1 is 0.833 bits per heavy atom. The normalized spacial score (nSPS) is 10.8. The lowest BCUT2D eigenvalue weighted by molar-refractivity contribution is -0.132. The molecule has 150 valence electrons. The molecule has 1 amide bonds. The summed E-state index contributed by atoms with van der Waals surface area (Å²) in [4.78, 5) is 19.9. The highest BCUT2D eigenvalue weighted by Crippen LogP contribution is 2.29. The van der Waals surface area contributed by atoms with Gasteiger partial charge in [-0.3, -0.25) is 9.78 Å². The van der Waals surface area contributed by atoms with Gasteiger partial charge >= 0.3 is 0 Å². The van der Waals surface area contributed by atoms with Gasteiger partial charge in [-0.15, -0.1) is 0 Å². The number of carbonyl (C=O) groups is 1. The van der Waals surface area contributed by atoms with Crippen LogP contribution >= 0.6 is 11.3 Å². The molecule has 2 aromatic heterocycles. The van der Waals surface area contributed by atoms with Gasteiger partial charge in [-0.2, -0.15) is 11.3 Å². The fourth-order valence-electron chi connectivity index (χ4n) is 3.63. The van der Waals surface area contributed by atoms with Crippen molar-refractivity contribution in [2.45, 2.75) is 25.4 Å². The molecule has 4 rings (SSSR count). The Kier molecular flexibility index (Phi) is 6.68. The lowest BCUT2D eigenvalue weighted by Crippen LogP contribution is -2.31. The third-order valence-corrected chi connectivity index (χ3v) is 5.90. The lowest BCUT2D eigenvalue weighted by Gasteiger charge is -2.25. The molecule has 4 aromatic rings. The molecular formula is C26H24N2OS. The molecule has 0 radical (unpaired) electrons.